The van der Waals surface area contributed by atoms with Crippen LogP contribution in [0, 0.1) is 5.92 Å². The molecule has 3 fully saturated rings. The van der Waals surface area contributed by atoms with Crippen molar-refractivity contribution in [2.75, 3.05) is 58.9 Å². The lowest BCUT2D eigenvalue weighted by atomic mass is 10.2. The highest BCUT2D eigenvalue weighted by atomic mass is 16.2. The first-order valence-corrected chi connectivity index (χ1v) is 10.3. The molecule has 3 aliphatic rings. The van der Waals surface area contributed by atoms with E-state index in [9.17, 15) is 4.79 Å². The SMILES string of the molecule is CCNC(=NCCCC1CC1)N1CCN(CC(=O)N2CCCC2)CC1. The first-order valence-electron chi connectivity index (χ1n) is 10.3. The summed E-state index contributed by atoms with van der Waals surface area (Å²) in [6, 6.07) is 0. The normalized spacial score (nSPS) is 22.5. The molecular formula is C19H35N5O. The summed E-state index contributed by atoms with van der Waals surface area (Å²) in [6.45, 7) is 10.3. The minimum atomic E-state index is 0.312. The number of likely N-dealkylation sites (tertiary alicyclic amines) is 1. The van der Waals surface area contributed by atoms with Crippen LogP contribution in [0.2, 0.25) is 0 Å². The van der Waals surface area contributed by atoms with Crippen molar-refractivity contribution >= 4 is 11.9 Å². The molecule has 0 aromatic rings. The molecule has 6 heteroatoms. The average molecular weight is 350 g/mol. The molecule has 1 amide bonds. The summed E-state index contributed by atoms with van der Waals surface area (Å²) < 4.78 is 0. The molecule has 142 valence electrons. The topological polar surface area (TPSA) is 51.2 Å². The summed E-state index contributed by atoms with van der Waals surface area (Å²) in [4.78, 5) is 23.8. The van der Waals surface area contributed by atoms with Crippen molar-refractivity contribution in [3.05, 3.63) is 0 Å². The molecule has 2 heterocycles. The molecule has 2 aliphatic heterocycles. The zero-order chi connectivity index (χ0) is 17.5. The van der Waals surface area contributed by atoms with Crippen LogP contribution in [0.1, 0.15) is 45.4 Å². The van der Waals surface area contributed by atoms with Gasteiger partial charge in [-0.25, -0.2) is 0 Å². The molecule has 1 saturated carbocycles. The Morgan fingerprint density at radius 3 is 2.40 bits per heavy atom. The van der Waals surface area contributed by atoms with Crippen LogP contribution in [-0.4, -0.2) is 85.5 Å². The third-order valence-electron chi connectivity index (χ3n) is 5.55. The van der Waals surface area contributed by atoms with Gasteiger partial charge in [0.1, 0.15) is 0 Å². The van der Waals surface area contributed by atoms with E-state index in [-0.39, 0.29) is 0 Å². The third kappa shape index (κ3) is 5.87. The van der Waals surface area contributed by atoms with E-state index < -0.39 is 0 Å². The molecule has 0 spiro atoms. The van der Waals surface area contributed by atoms with Gasteiger partial charge in [0, 0.05) is 52.4 Å². The Kier molecular flexibility index (Phi) is 6.96. The van der Waals surface area contributed by atoms with Crippen LogP contribution in [-0.2, 0) is 4.79 Å². The van der Waals surface area contributed by atoms with Crippen LogP contribution in [0.3, 0.4) is 0 Å². The van der Waals surface area contributed by atoms with Crippen molar-refractivity contribution in [3.8, 4) is 0 Å². The van der Waals surface area contributed by atoms with Crippen LogP contribution in [0.5, 0.6) is 0 Å². The Morgan fingerprint density at radius 2 is 1.76 bits per heavy atom. The maximum absolute atomic E-state index is 12.3. The van der Waals surface area contributed by atoms with Gasteiger partial charge in [0.05, 0.1) is 6.54 Å². The summed E-state index contributed by atoms with van der Waals surface area (Å²) in [7, 11) is 0. The van der Waals surface area contributed by atoms with Gasteiger partial charge in [-0.3, -0.25) is 14.7 Å². The number of nitrogens with one attached hydrogen (secondary N) is 1. The number of carbonyl (C=O) groups excluding carboxylic acids is 1. The van der Waals surface area contributed by atoms with Gasteiger partial charge in [-0.1, -0.05) is 12.8 Å². The van der Waals surface area contributed by atoms with E-state index in [1.807, 2.05) is 4.90 Å². The Bertz CT molecular complexity index is 449. The molecule has 3 rings (SSSR count). The molecule has 2 saturated heterocycles. The average Bonchev–Trinajstić information content (AvgIpc) is 3.28. The van der Waals surface area contributed by atoms with Gasteiger partial charge in [-0.05, 0) is 38.5 Å². The summed E-state index contributed by atoms with van der Waals surface area (Å²) >= 11 is 0. The van der Waals surface area contributed by atoms with Gasteiger partial charge in [0.15, 0.2) is 5.96 Å². The summed E-state index contributed by atoms with van der Waals surface area (Å²) in [6.07, 6.45) is 7.76. The van der Waals surface area contributed by atoms with Gasteiger partial charge in [-0.2, -0.15) is 0 Å². The van der Waals surface area contributed by atoms with Crippen LogP contribution >= 0.6 is 0 Å². The Labute approximate surface area is 152 Å². The number of aliphatic imine (C=N–C) groups is 1. The maximum Gasteiger partial charge on any atom is 0.236 e. The predicted molar refractivity (Wildman–Crippen MR) is 102 cm³/mol. The molecule has 0 aromatic heterocycles. The molecule has 6 nitrogen and oxygen atoms in total. The van der Waals surface area contributed by atoms with E-state index in [0.717, 1.165) is 64.2 Å². The zero-order valence-corrected chi connectivity index (χ0v) is 15.9. The highest BCUT2D eigenvalue weighted by molar-refractivity contribution is 5.80. The van der Waals surface area contributed by atoms with Gasteiger partial charge in [-0.15, -0.1) is 0 Å². The van der Waals surface area contributed by atoms with Crippen molar-refractivity contribution < 1.29 is 4.79 Å². The van der Waals surface area contributed by atoms with Crippen molar-refractivity contribution in [2.45, 2.75) is 45.4 Å². The van der Waals surface area contributed by atoms with Gasteiger partial charge < -0.3 is 15.1 Å². The number of hydrogen-bond donors (Lipinski definition) is 1. The molecule has 1 aliphatic carbocycles. The first kappa shape index (κ1) is 18.5. The standard InChI is InChI=1S/C19H35N5O/c1-2-20-19(21-9-5-6-17-7-8-17)24-14-12-22(13-15-24)16-18(25)23-10-3-4-11-23/h17H,2-16H2,1H3,(H,20,21). The summed E-state index contributed by atoms with van der Waals surface area (Å²) in [5, 5.41) is 3.44. The van der Waals surface area contributed by atoms with Crippen molar-refractivity contribution in [1.82, 2.24) is 20.0 Å². The molecule has 0 aromatic carbocycles. The predicted octanol–water partition coefficient (Wildman–Crippen LogP) is 1.38. The molecule has 0 unspecified atom stereocenters. The van der Waals surface area contributed by atoms with Crippen molar-refractivity contribution in [3.63, 3.8) is 0 Å². The molecule has 25 heavy (non-hydrogen) atoms. The molecule has 0 radical (unpaired) electrons. The van der Waals surface area contributed by atoms with Gasteiger partial charge in [0.2, 0.25) is 5.91 Å². The summed E-state index contributed by atoms with van der Waals surface area (Å²) in [5.74, 6) is 2.37. The number of piperazine rings is 1. The number of guanidine groups is 1. The number of carbonyl (C=O) groups is 1. The van der Waals surface area contributed by atoms with Crippen LogP contribution in [0.15, 0.2) is 4.99 Å². The Balaban J connectivity index is 1.40. The van der Waals surface area contributed by atoms with E-state index in [1.165, 1.54) is 38.5 Å². The Hall–Kier alpha value is -1.30. The monoisotopic (exact) mass is 349 g/mol. The van der Waals surface area contributed by atoms with Crippen molar-refractivity contribution in [1.29, 1.82) is 0 Å². The minimum absolute atomic E-state index is 0.312. The number of amides is 1. The molecule has 0 bridgehead atoms. The van der Waals surface area contributed by atoms with Crippen LogP contribution < -0.4 is 5.32 Å². The Morgan fingerprint density at radius 1 is 1.04 bits per heavy atom. The fourth-order valence-electron chi connectivity index (χ4n) is 3.77. The fourth-order valence-corrected chi connectivity index (χ4v) is 3.77. The van der Waals surface area contributed by atoms with E-state index in [0.29, 0.717) is 12.5 Å². The second-order valence-electron chi connectivity index (χ2n) is 7.67. The first-order chi connectivity index (χ1) is 12.3. The zero-order valence-electron chi connectivity index (χ0n) is 15.9. The van der Waals surface area contributed by atoms with Crippen LogP contribution in [0.25, 0.3) is 0 Å². The lowest BCUT2D eigenvalue weighted by Gasteiger charge is -2.36. The second-order valence-corrected chi connectivity index (χ2v) is 7.67. The number of nitrogens with zero attached hydrogens (tertiary/aromatic N) is 4. The molecule has 0 atom stereocenters. The molecular weight excluding hydrogens is 314 g/mol. The highest BCUT2D eigenvalue weighted by Gasteiger charge is 2.24. The van der Waals surface area contributed by atoms with Crippen molar-refractivity contribution in [2.24, 2.45) is 10.9 Å². The largest absolute Gasteiger partial charge is 0.357 e. The fraction of sp³-hybridized carbons (Fsp3) is 0.895. The minimum Gasteiger partial charge on any atom is -0.357 e. The quantitative estimate of drug-likeness (QED) is 0.429. The number of rotatable bonds is 7. The third-order valence-corrected chi connectivity index (χ3v) is 5.55. The highest BCUT2D eigenvalue weighted by Crippen LogP contribution is 2.33. The van der Waals surface area contributed by atoms with E-state index in [2.05, 4.69) is 22.0 Å². The van der Waals surface area contributed by atoms with E-state index >= 15 is 0 Å². The smallest absolute Gasteiger partial charge is 0.236 e. The van der Waals surface area contributed by atoms with Gasteiger partial charge >= 0.3 is 0 Å². The van der Waals surface area contributed by atoms with Gasteiger partial charge in [0.25, 0.3) is 0 Å². The summed E-state index contributed by atoms with van der Waals surface area (Å²) in [5.41, 5.74) is 0. The van der Waals surface area contributed by atoms with Crippen LogP contribution in [0.4, 0.5) is 0 Å². The van der Waals surface area contributed by atoms with E-state index in [4.69, 9.17) is 4.99 Å². The van der Waals surface area contributed by atoms with E-state index in [1.54, 1.807) is 0 Å². The number of hydrogen-bond acceptors (Lipinski definition) is 3. The lowest BCUT2D eigenvalue weighted by molar-refractivity contribution is -0.131. The maximum atomic E-state index is 12.3. The molecule has 1 N–H and O–H groups in total. The lowest BCUT2D eigenvalue weighted by Crippen LogP contribution is -2.54. The second kappa shape index (κ2) is 9.41.